The molecule has 0 atom stereocenters. The van der Waals surface area contributed by atoms with Crippen LogP contribution in [0.15, 0.2) is 29.4 Å². The lowest BCUT2D eigenvalue weighted by atomic mass is 10.2. The molecule has 1 heterocycles. The maximum Gasteiger partial charge on any atom is 0.343 e. The van der Waals surface area contributed by atoms with Gasteiger partial charge in [-0.25, -0.2) is 10.2 Å². The topological polar surface area (TPSA) is 89.5 Å². The number of ether oxygens (including phenoxy) is 3. The van der Waals surface area contributed by atoms with E-state index in [0.29, 0.717) is 25.5 Å². The Kier molecular flexibility index (Phi) is 7.19. The molecule has 1 aromatic carbocycles. The molecule has 1 fully saturated rings. The smallest absolute Gasteiger partial charge is 0.343 e. The number of hydrazone groups is 1. The van der Waals surface area contributed by atoms with Gasteiger partial charge < -0.3 is 14.2 Å². The summed E-state index contributed by atoms with van der Waals surface area (Å²) >= 11 is 0. The van der Waals surface area contributed by atoms with Crippen molar-refractivity contribution in [2.45, 2.75) is 0 Å². The fourth-order valence-electron chi connectivity index (χ4n) is 2.03. The second kappa shape index (κ2) is 9.64. The monoisotopic (exact) mass is 335 g/mol. The Bertz CT molecular complexity index is 568. The number of carbonyl (C=O) groups is 2. The summed E-state index contributed by atoms with van der Waals surface area (Å²) in [7, 11) is 1.30. The van der Waals surface area contributed by atoms with E-state index in [2.05, 4.69) is 15.3 Å². The molecule has 0 aliphatic carbocycles. The van der Waals surface area contributed by atoms with E-state index in [1.807, 2.05) is 4.90 Å². The fraction of sp³-hybridized carbons (Fsp3) is 0.438. The molecule has 0 radical (unpaired) electrons. The number of amides is 1. The van der Waals surface area contributed by atoms with Crippen molar-refractivity contribution in [2.24, 2.45) is 5.10 Å². The molecule has 1 aromatic rings. The predicted octanol–water partition coefficient (Wildman–Crippen LogP) is 0.0207. The molecule has 8 nitrogen and oxygen atoms in total. The number of nitrogens with zero attached hydrogens (tertiary/aromatic N) is 2. The van der Waals surface area contributed by atoms with Gasteiger partial charge >= 0.3 is 5.97 Å². The summed E-state index contributed by atoms with van der Waals surface area (Å²) < 4.78 is 15.0. The van der Waals surface area contributed by atoms with Crippen LogP contribution in [0.25, 0.3) is 0 Å². The maximum absolute atomic E-state index is 11.8. The highest BCUT2D eigenvalue weighted by Crippen LogP contribution is 2.11. The van der Waals surface area contributed by atoms with Crippen LogP contribution in [0.3, 0.4) is 0 Å². The van der Waals surface area contributed by atoms with Crippen molar-refractivity contribution >= 4 is 18.1 Å². The first-order valence-corrected chi connectivity index (χ1v) is 7.59. The molecule has 1 saturated heterocycles. The summed E-state index contributed by atoms with van der Waals surface area (Å²) in [5.41, 5.74) is 3.29. The van der Waals surface area contributed by atoms with E-state index in [-0.39, 0.29) is 12.5 Å². The van der Waals surface area contributed by atoms with Crippen molar-refractivity contribution in [3.8, 4) is 5.75 Å². The van der Waals surface area contributed by atoms with Crippen LogP contribution in [-0.4, -0.2) is 69.6 Å². The standard InChI is InChI=1S/C16H21N3O5/c1-22-16(21)12-24-14-4-2-13(3-5-14)10-17-18-15(20)11-19-6-8-23-9-7-19/h2-5,10H,6-9,11-12H2,1H3,(H,18,20)/b17-10-. The molecule has 0 spiro atoms. The molecule has 2 rings (SSSR count). The lowest BCUT2D eigenvalue weighted by Gasteiger charge is -2.25. The molecule has 24 heavy (non-hydrogen) atoms. The molecule has 1 aliphatic rings. The number of morpholine rings is 1. The van der Waals surface area contributed by atoms with E-state index in [4.69, 9.17) is 9.47 Å². The van der Waals surface area contributed by atoms with Crippen molar-refractivity contribution in [1.29, 1.82) is 0 Å². The van der Waals surface area contributed by atoms with Crippen molar-refractivity contribution < 1.29 is 23.8 Å². The summed E-state index contributed by atoms with van der Waals surface area (Å²) in [6, 6.07) is 6.95. The third-order valence-corrected chi connectivity index (χ3v) is 3.34. The van der Waals surface area contributed by atoms with Gasteiger partial charge in [0.2, 0.25) is 0 Å². The molecular weight excluding hydrogens is 314 g/mol. The van der Waals surface area contributed by atoms with E-state index >= 15 is 0 Å². The zero-order valence-corrected chi connectivity index (χ0v) is 13.6. The van der Waals surface area contributed by atoms with Gasteiger partial charge in [-0.05, 0) is 29.8 Å². The van der Waals surface area contributed by atoms with E-state index < -0.39 is 5.97 Å². The number of nitrogens with one attached hydrogen (secondary N) is 1. The van der Waals surface area contributed by atoms with Crippen LogP contribution in [0.2, 0.25) is 0 Å². The summed E-state index contributed by atoms with van der Waals surface area (Å²) in [4.78, 5) is 24.8. The van der Waals surface area contributed by atoms with Crippen LogP contribution in [0.4, 0.5) is 0 Å². The molecule has 0 unspecified atom stereocenters. The average Bonchev–Trinajstić information content (AvgIpc) is 2.61. The van der Waals surface area contributed by atoms with Crippen LogP contribution in [0, 0.1) is 0 Å². The highest BCUT2D eigenvalue weighted by molar-refractivity contribution is 5.83. The quantitative estimate of drug-likeness (QED) is 0.429. The molecule has 8 heteroatoms. The largest absolute Gasteiger partial charge is 0.482 e. The number of benzene rings is 1. The van der Waals surface area contributed by atoms with Crippen LogP contribution in [0.5, 0.6) is 5.75 Å². The van der Waals surface area contributed by atoms with Crippen LogP contribution in [-0.2, 0) is 19.1 Å². The first-order valence-electron chi connectivity index (χ1n) is 7.59. The number of rotatable bonds is 7. The molecule has 1 amide bonds. The van der Waals surface area contributed by atoms with Gasteiger partial charge in [-0.3, -0.25) is 9.69 Å². The zero-order valence-electron chi connectivity index (χ0n) is 13.6. The Labute approximate surface area is 140 Å². The average molecular weight is 335 g/mol. The van der Waals surface area contributed by atoms with Crippen LogP contribution in [0.1, 0.15) is 5.56 Å². The molecule has 1 N–H and O–H groups in total. The second-order valence-electron chi connectivity index (χ2n) is 5.12. The lowest BCUT2D eigenvalue weighted by molar-refractivity contribution is -0.142. The third-order valence-electron chi connectivity index (χ3n) is 3.34. The Hall–Kier alpha value is -2.45. The highest BCUT2D eigenvalue weighted by Gasteiger charge is 2.13. The number of methoxy groups -OCH3 is 1. The zero-order chi connectivity index (χ0) is 17.2. The van der Waals surface area contributed by atoms with Gasteiger partial charge in [-0.2, -0.15) is 5.10 Å². The molecule has 130 valence electrons. The van der Waals surface area contributed by atoms with Gasteiger partial charge in [0.1, 0.15) is 5.75 Å². The van der Waals surface area contributed by atoms with Crippen LogP contribution < -0.4 is 10.2 Å². The maximum atomic E-state index is 11.8. The van der Waals surface area contributed by atoms with Gasteiger partial charge in [0.15, 0.2) is 6.61 Å². The normalized spacial score (nSPS) is 15.2. The molecule has 1 aliphatic heterocycles. The molecule has 0 aromatic heterocycles. The van der Waals surface area contributed by atoms with Gasteiger partial charge in [0, 0.05) is 13.1 Å². The highest BCUT2D eigenvalue weighted by atomic mass is 16.6. The van der Waals surface area contributed by atoms with Gasteiger partial charge in [0.25, 0.3) is 5.91 Å². The third kappa shape index (κ3) is 6.35. The predicted molar refractivity (Wildman–Crippen MR) is 86.9 cm³/mol. The SMILES string of the molecule is COC(=O)COc1ccc(/C=N\NC(=O)CN2CCOCC2)cc1. The van der Waals surface area contributed by atoms with Gasteiger partial charge in [0.05, 0.1) is 33.1 Å². The lowest BCUT2D eigenvalue weighted by Crippen LogP contribution is -2.42. The van der Waals surface area contributed by atoms with Crippen molar-refractivity contribution in [3.63, 3.8) is 0 Å². The minimum absolute atomic E-state index is 0.137. The number of hydrogen-bond acceptors (Lipinski definition) is 7. The minimum Gasteiger partial charge on any atom is -0.482 e. The number of hydrogen-bond donors (Lipinski definition) is 1. The van der Waals surface area contributed by atoms with E-state index in [0.717, 1.165) is 18.7 Å². The minimum atomic E-state index is -0.441. The first kappa shape index (κ1) is 17.9. The Morgan fingerprint density at radius 3 is 2.67 bits per heavy atom. The fourth-order valence-corrected chi connectivity index (χ4v) is 2.03. The first-order chi connectivity index (χ1) is 11.7. The summed E-state index contributed by atoms with van der Waals surface area (Å²) in [5, 5.41) is 3.93. The Morgan fingerprint density at radius 2 is 2.00 bits per heavy atom. The molecule has 0 bridgehead atoms. The number of carbonyl (C=O) groups excluding carboxylic acids is 2. The summed E-state index contributed by atoms with van der Waals surface area (Å²) in [5.74, 6) is -0.0521. The molecular formula is C16H21N3O5. The van der Waals surface area contributed by atoms with Gasteiger partial charge in [-0.15, -0.1) is 0 Å². The summed E-state index contributed by atoms with van der Waals surface area (Å²) in [6.45, 7) is 2.98. The van der Waals surface area contributed by atoms with E-state index in [9.17, 15) is 9.59 Å². The van der Waals surface area contributed by atoms with Crippen LogP contribution >= 0.6 is 0 Å². The van der Waals surface area contributed by atoms with E-state index in [1.54, 1.807) is 30.5 Å². The summed E-state index contributed by atoms with van der Waals surface area (Å²) in [6.07, 6.45) is 1.54. The second-order valence-corrected chi connectivity index (χ2v) is 5.12. The molecule has 0 saturated carbocycles. The Morgan fingerprint density at radius 1 is 1.29 bits per heavy atom. The van der Waals surface area contributed by atoms with Crippen molar-refractivity contribution in [3.05, 3.63) is 29.8 Å². The Balaban J connectivity index is 1.73. The van der Waals surface area contributed by atoms with E-state index in [1.165, 1.54) is 7.11 Å². The van der Waals surface area contributed by atoms with Crippen molar-refractivity contribution in [1.82, 2.24) is 10.3 Å². The number of esters is 1. The van der Waals surface area contributed by atoms with Crippen molar-refractivity contribution in [2.75, 3.05) is 46.6 Å². The van der Waals surface area contributed by atoms with Gasteiger partial charge in [-0.1, -0.05) is 0 Å².